The van der Waals surface area contributed by atoms with Crippen LogP contribution in [0, 0.1) is 0 Å². The number of rotatable bonds is 6. The zero-order chi connectivity index (χ0) is 15.2. The van der Waals surface area contributed by atoms with Gasteiger partial charge in [-0.3, -0.25) is 9.59 Å². The van der Waals surface area contributed by atoms with Crippen molar-refractivity contribution in [2.24, 2.45) is 0 Å². The van der Waals surface area contributed by atoms with Gasteiger partial charge in [-0.25, -0.2) is 0 Å². The molecule has 0 amide bonds. The van der Waals surface area contributed by atoms with E-state index >= 15 is 0 Å². The summed E-state index contributed by atoms with van der Waals surface area (Å²) in [4.78, 5) is 22.8. The maximum absolute atomic E-state index is 11.7. The highest BCUT2D eigenvalue weighted by Gasteiger charge is 2.12. The number of hydrogen-bond acceptors (Lipinski definition) is 4. The van der Waals surface area contributed by atoms with Gasteiger partial charge in [-0.15, -0.1) is 0 Å². The van der Waals surface area contributed by atoms with Gasteiger partial charge >= 0.3 is 5.97 Å². The van der Waals surface area contributed by atoms with Gasteiger partial charge < -0.3 is 9.47 Å². The molecule has 0 radical (unpaired) electrons. The van der Waals surface area contributed by atoms with Crippen LogP contribution < -0.4 is 4.74 Å². The highest BCUT2D eigenvalue weighted by Crippen LogP contribution is 2.30. The molecule has 0 aliphatic heterocycles. The van der Waals surface area contributed by atoms with Crippen molar-refractivity contribution in [3.8, 4) is 5.75 Å². The van der Waals surface area contributed by atoms with E-state index in [-0.39, 0.29) is 11.8 Å². The SMILES string of the molecule is COC(=O)CCCOc1c(C(C)=O)ccc2ccccc12. The molecule has 0 saturated heterocycles. The van der Waals surface area contributed by atoms with E-state index in [1.54, 1.807) is 6.07 Å². The van der Waals surface area contributed by atoms with Crippen molar-refractivity contribution in [3.05, 3.63) is 42.0 Å². The fraction of sp³-hybridized carbons (Fsp3) is 0.294. The van der Waals surface area contributed by atoms with Gasteiger partial charge in [-0.1, -0.05) is 30.3 Å². The van der Waals surface area contributed by atoms with Crippen LogP contribution in [0.4, 0.5) is 0 Å². The average molecular weight is 286 g/mol. The fourth-order valence-corrected chi connectivity index (χ4v) is 2.17. The molecule has 21 heavy (non-hydrogen) atoms. The Labute approximate surface area is 123 Å². The average Bonchev–Trinajstić information content (AvgIpc) is 2.50. The number of Topliss-reactive ketones (excluding diaryl/α,β-unsaturated/α-hetero) is 1. The van der Waals surface area contributed by atoms with Crippen LogP contribution >= 0.6 is 0 Å². The minimum atomic E-state index is -0.261. The lowest BCUT2D eigenvalue weighted by atomic mass is 10.0. The summed E-state index contributed by atoms with van der Waals surface area (Å²) in [7, 11) is 1.36. The number of fused-ring (bicyclic) bond motifs is 1. The predicted molar refractivity (Wildman–Crippen MR) is 80.7 cm³/mol. The molecule has 2 rings (SSSR count). The third-order valence-electron chi connectivity index (χ3n) is 3.26. The van der Waals surface area contributed by atoms with Crippen LogP contribution in [0.25, 0.3) is 10.8 Å². The molecule has 0 saturated carbocycles. The van der Waals surface area contributed by atoms with E-state index in [0.29, 0.717) is 30.8 Å². The molecule has 0 aromatic heterocycles. The van der Waals surface area contributed by atoms with Gasteiger partial charge in [-0.2, -0.15) is 0 Å². The second-order valence-corrected chi connectivity index (χ2v) is 4.75. The highest BCUT2D eigenvalue weighted by molar-refractivity contribution is 6.03. The zero-order valence-electron chi connectivity index (χ0n) is 12.2. The lowest BCUT2D eigenvalue weighted by Gasteiger charge is -2.13. The number of carbonyl (C=O) groups excluding carboxylic acids is 2. The Balaban J connectivity index is 2.21. The van der Waals surface area contributed by atoms with Gasteiger partial charge in [-0.05, 0) is 24.8 Å². The Morgan fingerprint density at radius 2 is 1.86 bits per heavy atom. The first kappa shape index (κ1) is 15.0. The summed E-state index contributed by atoms with van der Waals surface area (Å²) in [5.41, 5.74) is 0.562. The number of methoxy groups -OCH3 is 1. The molecular formula is C17H18O4. The van der Waals surface area contributed by atoms with Gasteiger partial charge in [0.1, 0.15) is 5.75 Å². The number of esters is 1. The van der Waals surface area contributed by atoms with Crippen molar-refractivity contribution in [1.82, 2.24) is 0 Å². The Morgan fingerprint density at radius 1 is 1.10 bits per heavy atom. The van der Waals surface area contributed by atoms with E-state index in [4.69, 9.17) is 4.74 Å². The minimum absolute atomic E-state index is 0.0382. The number of ether oxygens (including phenoxy) is 2. The summed E-state index contributed by atoms with van der Waals surface area (Å²) < 4.78 is 10.4. The van der Waals surface area contributed by atoms with Crippen molar-refractivity contribution >= 4 is 22.5 Å². The zero-order valence-corrected chi connectivity index (χ0v) is 12.2. The molecule has 4 heteroatoms. The normalized spacial score (nSPS) is 10.4. The van der Waals surface area contributed by atoms with E-state index < -0.39 is 0 Å². The third kappa shape index (κ3) is 3.60. The van der Waals surface area contributed by atoms with Crippen LogP contribution in [0.15, 0.2) is 36.4 Å². The Morgan fingerprint density at radius 3 is 2.57 bits per heavy atom. The first-order valence-electron chi connectivity index (χ1n) is 6.86. The van der Waals surface area contributed by atoms with Crippen LogP contribution in [-0.2, 0) is 9.53 Å². The number of ketones is 1. The maximum atomic E-state index is 11.7. The molecule has 110 valence electrons. The third-order valence-corrected chi connectivity index (χ3v) is 3.26. The molecule has 0 aliphatic rings. The Hall–Kier alpha value is -2.36. The van der Waals surface area contributed by atoms with Gasteiger partial charge in [0.25, 0.3) is 0 Å². The lowest BCUT2D eigenvalue weighted by molar-refractivity contribution is -0.140. The van der Waals surface area contributed by atoms with Crippen molar-refractivity contribution in [3.63, 3.8) is 0 Å². The summed E-state index contributed by atoms with van der Waals surface area (Å²) >= 11 is 0. The van der Waals surface area contributed by atoms with E-state index in [1.807, 2.05) is 30.3 Å². The Bertz CT molecular complexity index is 661. The van der Waals surface area contributed by atoms with Crippen molar-refractivity contribution < 1.29 is 19.1 Å². The molecule has 0 N–H and O–H groups in total. The van der Waals surface area contributed by atoms with Gasteiger partial charge in [0, 0.05) is 11.8 Å². The fourth-order valence-electron chi connectivity index (χ4n) is 2.17. The second kappa shape index (κ2) is 6.88. The van der Waals surface area contributed by atoms with Crippen molar-refractivity contribution in [2.75, 3.05) is 13.7 Å². The quantitative estimate of drug-likeness (QED) is 0.464. The number of carbonyl (C=O) groups is 2. The van der Waals surface area contributed by atoms with E-state index in [0.717, 1.165) is 10.8 Å². The standard InChI is InChI=1S/C17H18O4/c1-12(18)14-10-9-13-6-3-4-7-15(13)17(14)21-11-5-8-16(19)20-2/h3-4,6-7,9-10H,5,8,11H2,1-2H3. The smallest absolute Gasteiger partial charge is 0.305 e. The molecule has 0 bridgehead atoms. The van der Waals surface area contributed by atoms with E-state index in [2.05, 4.69) is 4.74 Å². The summed E-state index contributed by atoms with van der Waals surface area (Å²) in [6, 6.07) is 11.4. The molecule has 4 nitrogen and oxygen atoms in total. The first-order valence-corrected chi connectivity index (χ1v) is 6.86. The molecular weight excluding hydrogens is 268 g/mol. The molecule has 2 aromatic carbocycles. The van der Waals surface area contributed by atoms with Gasteiger partial charge in [0.15, 0.2) is 5.78 Å². The van der Waals surface area contributed by atoms with Crippen molar-refractivity contribution in [2.45, 2.75) is 19.8 Å². The monoisotopic (exact) mass is 286 g/mol. The largest absolute Gasteiger partial charge is 0.492 e. The molecule has 0 atom stereocenters. The summed E-state index contributed by atoms with van der Waals surface area (Å²) in [6.45, 7) is 1.88. The summed E-state index contributed by atoms with van der Waals surface area (Å²) in [6.07, 6.45) is 0.851. The molecule has 2 aromatic rings. The molecule has 0 unspecified atom stereocenters. The minimum Gasteiger partial charge on any atom is -0.492 e. The number of benzene rings is 2. The van der Waals surface area contributed by atoms with Crippen LogP contribution in [0.2, 0.25) is 0 Å². The van der Waals surface area contributed by atoms with Crippen molar-refractivity contribution in [1.29, 1.82) is 0 Å². The predicted octanol–water partition coefficient (Wildman–Crippen LogP) is 3.37. The molecule has 0 aliphatic carbocycles. The maximum Gasteiger partial charge on any atom is 0.305 e. The van der Waals surface area contributed by atoms with Gasteiger partial charge in [0.2, 0.25) is 0 Å². The van der Waals surface area contributed by atoms with E-state index in [9.17, 15) is 9.59 Å². The molecule has 0 fully saturated rings. The first-order chi connectivity index (χ1) is 10.1. The highest BCUT2D eigenvalue weighted by atomic mass is 16.5. The lowest BCUT2D eigenvalue weighted by Crippen LogP contribution is -2.07. The topological polar surface area (TPSA) is 52.6 Å². The summed E-state index contributed by atoms with van der Waals surface area (Å²) in [5.74, 6) is 0.289. The van der Waals surface area contributed by atoms with Gasteiger partial charge in [0.05, 0.1) is 19.3 Å². The second-order valence-electron chi connectivity index (χ2n) is 4.75. The van der Waals surface area contributed by atoms with Crippen LogP contribution in [0.3, 0.4) is 0 Å². The van der Waals surface area contributed by atoms with Crippen LogP contribution in [-0.4, -0.2) is 25.5 Å². The van der Waals surface area contributed by atoms with Crippen LogP contribution in [0.1, 0.15) is 30.1 Å². The molecule has 0 spiro atoms. The van der Waals surface area contributed by atoms with E-state index in [1.165, 1.54) is 14.0 Å². The number of hydrogen-bond donors (Lipinski definition) is 0. The Kier molecular flexibility index (Phi) is 4.93. The summed E-state index contributed by atoms with van der Waals surface area (Å²) in [5, 5.41) is 1.92. The van der Waals surface area contributed by atoms with Crippen LogP contribution in [0.5, 0.6) is 5.75 Å². The molecule has 0 heterocycles.